The van der Waals surface area contributed by atoms with E-state index in [4.69, 9.17) is 11.6 Å². The topological polar surface area (TPSA) is 46.5 Å². The Labute approximate surface area is 101 Å². The fraction of sp³-hybridized carbons (Fsp3) is 0.300. The summed E-state index contributed by atoms with van der Waals surface area (Å²) in [4.78, 5) is 11.0. The Hall–Kier alpha value is -0.580. The van der Waals surface area contributed by atoms with Gasteiger partial charge in [-0.3, -0.25) is 0 Å². The molecule has 1 N–H and O–H groups in total. The number of carbonyl (C=O) groups is 1. The number of hydrogen-bond donors (Lipinski definition) is 1. The van der Waals surface area contributed by atoms with Crippen LogP contribution in [-0.4, -0.2) is 24.3 Å². The molecule has 1 rings (SSSR count). The molecule has 1 aromatic rings. The molecule has 0 saturated carbocycles. The van der Waals surface area contributed by atoms with Crippen LogP contribution in [0.5, 0.6) is 0 Å². The van der Waals surface area contributed by atoms with E-state index in [1.807, 2.05) is 0 Å². The molecule has 0 aromatic heterocycles. The molecular formula is C10H10BrClO3. The van der Waals surface area contributed by atoms with Gasteiger partial charge >= 0.3 is 5.97 Å². The average molecular weight is 294 g/mol. The second kappa shape index (κ2) is 5.49. The summed E-state index contributed by atoms with van der Waals surface area (Å²) in [6.07, 6.45) is -1.02. The van der Waals surface area contributed by atoms with Crippen LogP contribution in [0.1, 0.15) is 5.56 Å². The van der Waals surface area contributed by atoms with Crippen LogP contribution in [0.3, 0.4) is 0 Å². The summed E-state index contributed by atoms with van der Waals surface area (Å²) in [7, 11) is 1.23. The first-order chi connectivity index (χ1) is 7.04. The second-order valence-corrected chi connectivity index (χ2v) is 4.30. The van der Waals surface area contributed by atoms with E-state index in [1.165, 1.54) is 7.11 Å². The predicted octanol–water partition coefficient (Wildman–Crippen LogP) is 2.18. The van der Waals surface area contributed by atoms with E-state index in [9.17, 15) is 9.90 Å². The third-order valence-electron chi connectivity index (χ3n) is 1.90. The number of esters is 1. The van der Waals surface area contributed by atoms with Gasteiger partial charge < -0.3 is 9.84 Å². The van der Waals surface area contributed by atoms with Crippen molar-refractivity contribution >= 4 is 33.5 Å². The van der Waals surface area contributed by atoms with E-state index in [-0.39, 0.29) is 6.42 Å². The van der Waals surface area contributed by atoms with Gasteiger partial charge in [-0.2, -0.15) is 0 Å². The van der Waals surface area contributed by atoms with Crippen LogP contribution in [0.2, 0.25) is 5.02 Å². The molecule has 82 valence electrons. The molecule has 0 aliphatic heterocycles. The maximum atomic E-state index is 11.0. The molecule has 3 nitrogen and oxygen atoms in total. The molecule has 0 spiro atoms. The summed E-state index contributed by atoms with van der Waals surface area (Å²) in [6.45, 7) is 0. The van der Waals surface area contributed by atoms with Gasteiger partial charge in [-0.15, -0.1) is 0 Å². The normalized spacial score (nSPS) is 12.3. The van der Waals surface area contributed by atoms with Crippen molar-refractivity contribution in [3.8, 4) is 0 Å². The van der Waals surface area contributed by atoms with Crippen molar-refractivity contribution in [3.63, 3.8) is 0 Å². The van der Waals surface area contributed by atoms with Gasteiger partial charge in [0, 0.05) is 15.9 Å². The number of rotatable bonds is 3. The van der Waals surface area contributed by atoms with Crippen molar-refractivity contribution in [3.05, 3.63) is 33.3 Å². The quantitative estimate of drug-likeness (QED) is 0.869. The number of benzene rings is 1. The first kappa shape index (κ1) is 12.5. The zero-order chi connectivity index (χ0) is 11.4. The maximum Gasteiger partial charge on any atom is 0.335 e. The first-order valence-electron chi connectivity index (χ1n) is 4.24. The lowest BCUT2D eigenvalue weighted by molar-refractivity contribution is -0.150. The molecule has 1 unspecified atom stereocenters. The lowest BCUT2D eigenvalue weighted by atomic mass is 10.1. The van der Waals surface area contributed by atoms with E-state index < -0.39 is 12.1 Å². The number of halogens is 2. The fourth-order valence-corrected chi connectivity index (χ4v) is 1.87. The van der Waals surface area contributed by atoms with Crippen molar-refractivity contribution in [2.75, 3.05) is 7.11 Å². The van der Waals surface area contributed by atoms with Crippen molar-refractivity contribution in [2.24, 2.45) is 0 Å². The van der Waals surface area contributed by atoms with Crippen LogP contribution in [0.25, 0.3) is 0 Å². The van der Waals surface area contributed by atoms with Gasteiger partial charge in [-0.05, 0) is 17.7 Å². The Kier molecular flexibility index (Phi) is 4.57. The molecule has 0 aliphatic rings. The predicted molar refractivity (Wildman–Crippen MR) is 60.9 cm³/mol. The third-order valence-corrected chi connectivity index (χ3v) is 2.75. The molecule has 15 heavy (non-hydrogen) atoms. The summed E-state index contributed by atoms with van der Waals surface area (Å²) in [5.74, 6) is -0.658. The fourth-order valence-electron chi connectivity index (χ4n) is 1.11. The number of hydrogen-bond acceptors (Lipinski definition) is 3. The lowest BCUT2D eigenvalue weighted by Crippen LogP contribution is -2.24. The van der Waals surface area contributed by atoms with Crippen LogP contribution in [0.15, 0.2) is 22.7 Å². The summed E-state index contributed by atoms with van der Waals surface area (Å²) in [6, 6.07) is 5.25. The standard InChI is InChI=1S/C10H10BrClO3/c1-15-10(14)9(13)4-6-2-3-7(11)5-8(6)12/h2-3,5,9,13H,4H2,1H3. The second-order valence-electron chi connectivity index (χ2n) is 2.98. The Balaban J connectivity index is 2.76. The number of ether oxygens (including phenoxy) is 1. The van der Waals surface area contributed by atoms with Crippen molar-refractivity contribution < 1.29 is 14.6 Å². The van der Waals surface area contributed by atoms with E-state index in [2.05, 4.69) is 20.7 Å². The van der Waals surface area contributed by atoms with Gasteiger partial charge in [-0.25, -0.2) is 4.79 Å². The van der Waals surface area contributed by atoms with Crippen LogP contribution >= 0.6 is 27.5 Å². The molecule has 0 amide bonds. The molecule has 0 heterocycles. The number of aliphatic hydroxyl groups is 1. The molecule has 0 aliphatic carbocycles. The van der Waals surface area contributed by atoms with Crippen LogP contribution in [-0.2, 0) is 16.0 Å². The lowest BCUT2D eigenvalue weighted by Gasteiger charge is -2.09. The van der Waals surface area contributed by atoms with E-state index in [1.54, 1.807) is 18.2 Å². The highest BCUT2D eigenvalue weighted by Crippen LogP contribution is 2.22. The molecule has 0 saturated heterocycles. The SMILES string of the molecule is COC(=O)C(O)Cc1ccc(Br)cc1Cl. The Morgan fingerprint density at radius 3 is 2.87 bits per heavy atom. The summed E-state index contributed by atoms with van der Waals surface area (Å²) >= 11 is 9.19. The van der Waals surface area contributed by atoms with Gasteiger partial charge in [0.2, 0.25) is 0 Å². The summed E-state index contributed by atoms with van der Waals surface area (Å²) in [5, 5.41) is 9.93. The maximum absolute atomic E-state index is 11.0. The molecule has 0 radical (unpaired) electrons. The van der Waals surface area contributed by atoms with Gasteiger partial charge in [0.1, 0.15) is 0 Å². The zero-order valence-electron chi connectivity index (χ0n) is 8.04. The van der Waals surface area contributed by atoms with Crippen molar-refractivity contribution in [1.29, 1.82) is 0 Å². The minimum Gasteiger partial charge on any atom is -0.467 e. The summed E-state index contributed by atoms with van der Waals surface area (Å²) in [5.41, 5.74) is 0.706. The summed E-state index contributed by atoms with van der Waals surface area (Å²) < 4.78 is 5.26. The molecule has 0 bridgehead atoms. The largest absolute Gasteiger partial charge is 0.467 e. The molecule has 5 heteroatoms. The number of methoxy groups -OCH3 is 1. The highest BCUT2D eigenvalue weighted by molar-refractivity contribution is 9.10. The van der Waals surface area contributed by atoms with Gasteiger partial charge in [0.05, 0.1) is 7.11 Å². The van der Waals surface area contributed by atoms with Crippen molar-refractivity contribution in [2.45, 2.75) is 12.5 Å². The Bertz CT molecular complexity index is 368. The van der Waals surface area contributed by atoms with Crippen LogP contribution in [0, 0.1) is 0 Å². The highest BCUT2D eigenvalue weighted by Gasteiger charge is 2.17. The Morgan fingerprint density at radius 2 is 2.33 bits per heavy atom. The highest BCUT2D eigenvalue weighted by atomic mass is 79.9. The number of aliphatic hydroxyl groups excluding tert-OH is 1. The van der Waals surface area contributed by atoms with Gasteiger partial charge in [0.15, 0.2) is 6.10 Å². The van der Waals surface area contributed by atoms with Gasteiger partial charge in [0.25, 0.3) is 0 Å². The average Bonchev–Trinajstić information content (AvgIpc) is 2.20. The molecule has 0 fully saturated rings. The van der Waals surface area contributed by atoms with E-state index >= 15 is 0 Å². The van der Waals surface area contributed by atoms with Gasteiger partial charge in [-0.1, -0.05) is 33.6 Å². The van der Waals surface area contributed by atoms with Crippen molar-refractivity contribution in [1.82, 2.24) is 0 Å². The van der Waals surface area contributed by atoms with E-state index in [0.29, 0.717) is 10.6 Å². The minimum absolute atomic E-state index is 0.152. The molecule has 1 aromatic carbocycles. The molecule has 1 atom stereocenters. The Morgan fingerprint density at radius 1 is 1.67 bits per heavy atom. The third kappa shape index (κ3) is 3.48. The van der Waals surface area contributed by atoms with E-state index in [0.717, 1.165) is 4.47 Å². The smallest absolute Gasteiger partial charge is 0.335 e. The monoisotopic (exact) mass is 292 g/mol. The number of carbonyl (C=O) groups excluding carboxylic acids is 1. The first-order valence-corrected chi connectivity index (χ1v) is 5.41. The zero-order valence-corrected chi connectivity index (χ0v) is 10.4. The minimum atomic E-state index is -1.17. The van der Waals surface area contributed by atoms with Crippen LogP contribution in [0.4, 0.5) is 0 Å². The van der Waals surface area contributed by atoms with Crippen LogP contribution < -0.4 is 0 Å². The molecular weight excluding hydrogens is 283 g/mol.